The summed E-state index contributed by atoms with van der Waals surface area (Å²) in [5.74, 6) is -1.59. The van der Waals surface area contributed by atoms with Crippen LogP contribution in [0.1, 0.15) is 17.7 Å². The Hall–Kier alpha value is -1.15. The van der Waals surface area contributed by atoms with Crippen LogP contribution in [0.3, 0.4) is 0 Å². The van der Waals surface area contributed by atoms with Gasteiger partial charge in [0.15, 0.2) is 5.82 Å². The quantitative estimate of drug-likeness (QED) is 0.841. The van der Waals surface area contributed by atoms with Gasteiger partial charge in [0.05, 0.1) is 0 Å². The van der Waals surface area contributed by atoms with E-state index < -0.39 is 32.9 Å². The summed E-state index contributed by atoms with van der Waals surface area (Å²) >= 11 is 0. The molecule has 84 valence electrons. The Kier molecular flexibility index (Phi) is 3.00. The van der Waals surface area contributed by atoms with Crippen molar-refractivity contribution in [2.45, 2.75) is 18.2 Å². The maximum atomic E-state index is 13.3. The van der Waals surface area contributed by atoms with Gasteiger partial charge in [0.2, 0.25) is 10.0 Å². The van der Waals surface area contributed by atoms with Crippen molar-refractivity contribution < 1.29 is 21.6 Å². The van der Waals surface area contributed by atoms with E-state index in [4.69, 9.17) is 0 Å². The molecule has 1 aromatic heterocycles. The van der Waals surface area contributed by atoms with Crippen molar-refractivity contribution in [3.05, 3.63) is 23.3 Å². The number of hydrogen-bond donors (Lipinski definition) is 1. The highest BCUT2D eigenvalue weighted by Gasteiger charge is 2.25. The lowest BCUT2D eigenvalue weighted by molar-refractivity contribution is 0.139. The summed E-state index contributed by atoms with van der Waals surface area (Å²) in [5, 5.41) is 4.69. The van der Waals surface area contributed by atoms with Crippen LogP contribution in [0.25, 0.3) is 0 Å². The molecule has 8 heteroatoms. The Morgan fingerprint density at radius 3 is 2.40 bits per heavy atom. The molecular formula is C7H7F3N2O2S. The molecule has 0 fully saturated rings. The standard InChI is InChI=1S/C7H7F3N2O2S/c1-3-2-12-5(7(9)10)4(8)6(3)15(11,13)14/h2,7H,1H3,(H2,11,13,14). The second kappa shape index (κ2) is 3.78. The van der Waals surface area contributed by atoms with Crippen LogP contribution >= 0.6 is 0 Å². The summed E-state index contributed by atoms with van der Waals surface area (Å²) in [6.45, 7) is 1.21. The van der Waals surface area contributed by atoms with Crippen molar-refractivity contribution in [1.29, 1.82) is 0 Å². The van der Waals surface area contributed by atoms with E-state index in [1.807, 2.05) is 0 Å². The van der Waals surface area contributed by atoms with Crippen LogP contribution in [0.5, 0.6) is 0 Å². The van der Waals surface area contributed by atoms with E-state index in [2.05, 4.69) is 10.1 Å². The molecule has 0 saturated heterocycles. The van der Waals surface area contributed by atoms with Gasteiger partial charge < -0.3 is 0 Å². The topological polar surface area (TPSA) is 73.0 Å². The average molecular weight is 240 g/mol. The molecular weight excluding hydrogens is 233 g/mol. The van der Waals surface area contributed by atoms with Crippen LogP contribution in [0.2, 0.25) is 0 Å². The van der Waals surface area contributed by atoms with Gasteiger partial charge in [-0.1, -0.05) is 0 Å². The van der Waals surface area contributed by atoms with Gasteiger partial charge in [-0.25, -0.2) is 26.7 Å². The zero-order valence-electron chi connectivity index (χ0n) is 7.54. The largest absolute Gasteiger partial charge is 0.283 e. The van der Waals surface area contributed by atoms with E-state index >= 15 is 0 Å². The fourth-order valence-electron chi connectivity index (χ4n) is 1.07. The van der Waals surface area contributed by atoms with Gasteiger partial charge in [0.1, 0.15) is 10.6 Å². The Morgan fingerprint density at radius 2 is 2.00 bits per heavy atom. The first kappa shape index (κ1) is 11.9. The number of rotatable bonds is 2. The van der Waals surface area contributed by atoms with Gasteiger partial charge in [-0.05, 0) is 12.5 Å². The van der Waals surface area contributed by atoms with Gasteiger partial charge in [-0.3, -0.25) is 4.98 Å². The third-order valence-corrected chi connectivity index (χ3v) is 2.74. The van der Waals surface area contributed by atoms with Gasteiger partial charge in [0, 0.05) is 6.20 Å². The summed E-state index contributed by atoms with van der Waals surface area (Å²) in [6, 6.07) is 0. The first-order chi connectivity index (χ1) is 6.75. The van der Waals surface area contributed by atoms with Crippen LogP contribution in [0.4, 0.5) is 13.2 Å². The van der Waals surface area contributed by atoms with Gasteiger partial charge >= 0.3 is 0 Å². The molecule has 1 rings (SSSR count). The van der Waals surface area contributed by atoms with E-state index in [1.54, 1.807) is 0 Å². The van der Waals surface area contributed by atoms with E-state index in [0.29, 0.717) is 0 Å². The molecule has 0 atom stereocenters. The summed E-state index contributed by atoms with van der Waals surface area (Å²) in [7, 11) is -4.37. The number of aryl methyl sites for hydroxylation is 1. The van der Waals surface area contributed by atoms with Crippen LogP contribution in [0.15, 0.2) is 11.1 Å². The lowest BCUT2D eigenvalue weighted by Crippen LogP contribution is -2.17. The number of nitrogens with zero attached hydrogens (tertiary/aromatic N) is 1. The second-order valence-corrected chi connectivity index (χ2v) is 4.31. The molecule has 1 heterocycles. The van der Waals surface area contributed by atoms with Gasteiger partial charge in [0.25, 0.3) is 6.43 Å². The molecule has 0 aromatic carbocycles. The number of nitrogens with two attached hydrogens (primary N) is 1. The lowest BCUT2D eigenvalue weighted by atomic mass is 10.2. The summed E-state index contributed by atoms with van der Waals surface area (Å²) in [6.07, 6.45) is -2.35. The number of hydrogen-bond acceptors (Lipinski definition) is 3. The van der Waals surface area contributed by atoms with Gasteiger partial charge in [-0.15, -0.1) is 0 Å². The number of primary sulfonamides is 1. The summed E-state index contributed by atoms with van der Waals surface area (Å²) < 4.78 is 59.5. The van der Waals surface area contributed by atoms with Crippen LogP contribution in [-0.4, -0.2) is 13.4 Å². The predicted molar refractivity (Wildman–Crippen MR) is 45.3 cm³/mol. The number of aromatic nitrogens is 1. The van der Waals surface area contributed by atoms with Crippen molar-refractivity contribution >= 4 is 10.0 Å². The zero-order chi connectivity index (χ0) is 11.8. The molecule has 0 aliphatic carbocycles. The van der Waals surface area contributed by atoms with Crippen molar-refractivity contribution in [3.63, 3.8) is 0 Å². The highest BCUT2D eigenvalue weighted by molar-refractivity contribution is 7.89. The van der Waals surface area contributed by atoms with E-state index in [-0.39, 0.29) is 5.56 Å². The average Bonchev–Trinajstić information content (AvgIpc) is 2.00. The summed E-state index contributed by atoms with van der Waals surface area (Å²) in [5.41, 5.74) is -1.33. The molecule has 0 spiro atoms. The lowest BCUT2D eigenvalue weighted by Gasteiger charge is -2.07. The van der Waals surface area contributed by atoms with Crippen molar-refractivity contribution in [1.82, 2.24) is 4.98 Å². The van der Waals surface area contributed by atoms with Crippen molar-refractivity contribution in [3.8, 4) is 0 Å². The Labute approximate surface area is 84.0 Å². The molecule has 0 unspecified atom stereocenters. The molecule has 0 aliphatic heterocycles. The fourth-order valence-corrected chi connectivity index (χ4v) is 1.93. The molecule has 0 radical (unpaired) electrons. The van der Waals surface area contributed by atoms with Crippen molar-refractivity contribution in [2.75, 3.05) is 0 Å². The number of sulfonamides is 1. The zero-order valence-corrected chi connectivity index (χ0v) is 8.35. The van der Waals surface area contributed by atoms with Crippen molar-refractivity contribution in [2.24, 2.45) is 5.14 Å². The van der Waals surface area contributed by atoms with E-state index in [0.717, 1.165) is 6.20 Å². The minimum Gasteiger partial charge on any atom is -0.252 e. The third-order valence-electron chi connectivity index (χ3n) is 1.67. The maximum absolute atomic E-state index is 13.3. The highest BCUT2D eigenvalue weighted by Crippen LogP contribution is 2.25. The van der Waals surface area contributed by atoms with E-state index in [9.17, 15) is 21.6 Å². The maximum Gasteiger partial charge on any atom is 0.283 e. The number of halogens is 3. The highest BCUT2D eigenvalue weighted by atomic mass is 32.2. The third kappa shape index (κ3) is 2.26. The predicted octanol–water partition coefficient (Wildman–Crippen LogP) is 1.11. The molecule has 1 aromatic rings. The first-order valence-corrected chi connectivity index (χ1v) is 5.25. The fraction of sp³-hybridized carbons (Fsp3) is 0.286. The number of pyridine rings is 1. The number of alkyl halides is 2. The monoisotopic (exact) mass is 240 g/mol. The molecule has 2 N–H and O–H groups in total. The second-order valence-electron chi connectivity index (χ2n) is 2.82. The van der Waals surface area contributed by atoms with E-state index in [1.165, 1.54) is 6.92 Å². The molecule has 0 amide bonds. The molecule has 0 saturated carbocycles. The Morgan fingerprint density at radius 1 is 1.47 bits per heavy atom. The smallest absolute Gasteiger partial charge is 0.252 e. The van der Waals surface area contributed by atoms with Crippen LogP contribution < -0.4 is 5.14 Å². The van der Waals surface area contributed by atoms with Gasteiger partial charge in [-0.2, -0.15) is 0 Å². The van der Waals surface area contributed by atoms with Crippen LogP contribution in [0, 0.1) is 12.7 Å². The summed E-state index contributed by atoms with van der Waals surface area (Å²) in [4.78, 5) is 2.17. The molecule has 15 heavy (non-hydrogen) atoms. The first-order valence-electron chi connectivity index (χ1n) is 3.71. The normalized spacial score (nSPS) is 12.1. The molecule has 0 aliphatic rings. The molecule has 0 bridgehead atoms. The van der Waals surface area contributed by atoms with Crippen LogP contribution in [-0.2, 0) is 10.0 Å². The Bertz CT molecular complexity index is 487. The minimum absolute atomic E-state index is 0.112. The minimum atomic E-state index is -4.37. The SMILES string of the molecule is Cc1cnc(C(F)F)c(F)c1S(N)(=O)=O. The Balaban J connectivity index is 3.59. The molecule has 4 nitrogen and oxygen atoms in total.